The predicted octanol–water partition coefficient (Wildman–Crippen LogP) is 5.32. The summed E-state index contributed by atoms with van der Waals surface area (Å²) in [5.74, 6) is 1.36. The van der Waals surface area contributed by atoms with Crippen molar-refractivity contribution in [1.82, 2.24) is 25.1 Å². The van der Waals surface area contributed by atoms with Crippen LogP contribution < -0.4 is 15.4 Å². The molecule has 1 fully saturated rings. The van der Waals surface area contributed by atoms with Crippen molar-refractivity contribution in [1.29, 1.82) is 0 Å². The van der Waals surface area contributed by atoms with Crippen LogP contribution in [0, 0.1) is 17.7 Å². The first-order valence-corrected chi connectivity index (χ1v) is 13.2. The van der Waals surface area contributed by atoms with Crippen molar-refractivity contribution in [3.63, 3.8) is 0 Å². The summed E-state index contributed by atoms with van der Waals surface area (Å²) >= 11 is 0. The van der Waals surface area contributed by atoms with Gasteiger partial charge in [-0.25, -0.2) is 14.4 Å². The van der Waals surface area contributed by atoms with Crippen LogP contribution in [0.5, 0.6) is 5.75 Å². The topological polar surface area (TPSA) is 94.0 Å². The molecule has 198 valence electrons. The van der Waals surface area contributed by atoms with Gasteiger partial charge in [0.25, 0.3) is 5.91 Å². The third-order valence-electron chi connectivity index (χ3n) is 7.37. The Morgan fingerprint density at radius 2 is 1.92 bits per heavy atom. The third-order valence-corrected chi connectivity index (χ3v) is 7.37. The van der Waals surface area contributed by atoms with Gasteiger partial charge in [0.05, 0.1) is 19.0 Å². The number of benzene rings is 1. The minimum absolute atomic E-state index is 0.0517. The van der Waals surface area contributed by atoms with Crippen molar-refractivity contribution in [3.05, 3.63) is 59.4 Å². The van der Waals surface area contributed by atoms with E-state index in [1.54, 1.807) is 24.7 Å². The van der Waals surface area contributed by atoms with Crippen molar-refractivity contribution < 1.29 is 13.9 Å². The average Bonchev–Trinajstić information content (AvgIpc) is 3.39. The minimum atomic E-state index is -0.459. The van der Waals surface area contributed by atoms with Crippen LogP contribution >= 0.6 is 0 Å². The normalized spacial score (nSPS) is 14.8. The van der Waals surface area contributed by atoms with Crippen LogP contribution in [0.3, 0.4) is 0 Å². The summed E-state index contributed by atoms with van der Waals surface area (Å²) in [6.45, 7) is 3.28. The first-order valence-electron chi connectivity index (χ1n) is 13.2. The van der Waals surface area contributed by atoms with Crippen LogP contribution in [0.4, 0.5) is 16.0 Å². The Kier molecular flexibility index (Phi) is 9.09. The van der Waals surface area contributed by atoms with E-state index < -0.39 is 5.82 Å². The van der Waals surface area contributed by atoms with E-state index in [4.69, 9.17) is 4.74 Å². The Bertz CT molecular complexity index is 1170. The fourth-order valence-corrected chi connectivity index (χ4v) is 5.04. The van der Waals surface area contributed by atoms with E-state index in [1.165, 1.54) is 52.3 Å². The fourth-order valence-electron chi connectivity index (χ4n) is 5.04. The van der Waals surface area contributed by atoms with Crippen molar-refractivity contribution >= 4 is 17.5 Å². The van der Waals surface area contributed by atoms with Gasteiger partial charge in [-0.3, -0.25) is 9.48 Å². The number of hydrogen-bond donors (Lipinski definition) is 2. The molecule has 0 saturated heterocycles. The standard InChI is InChI=1S/C28H37FN6O2/c1-19(21-7-5-4-6-8-21)11-12-35-18-24(17-33-35)34-28-31-15-20(16-32-28)9-10-22-13-23(27(36)30-2)14-25(37-3)26(22)29/h13-19,21H,4-12H2,1-3H3,(H,30,36)(H,31,32,34). The summed E-state index contributed by atoms with van der Waals surface area (Å²) in [6, 6.07) is 2.96. The second kappa shape index (κ2) is 12.7. The summed E-state index contributed by atoms with van der Waals surface area (Å²) < 4.78 is 21.8. The van der Waals surface area contributed by atoms with Gasteiger partial charge in [-0.05, 0) is 54.4 Å². The quantitative estimate of drug-likeness (QED) is 0.364. The Labute approximate surface area is 218 Å². The largest absolute Gasteiger partial charge is 0.494 e. The van der Waals surface area contributed by atoms with Gasteiger partial charge in [0.1, 0.15) is 0 Å². The average molecular weight is 509 g/mol. The molecule has 1 atom stereocenters. The minimum Gasteiger partial charge on any atom is -0.494 e. The van der Waals surface area contributed by atoms with Crippen molar-refractivity contribution in [2.24, 2.45) is 11.8 Å². The molecule has 1 aromatic carbocycles. The number of carbonyl (C=O) groups excluding carboxylic acids is 1. The number of ether oxygens (including phenoxy) is 1. The van der Waals surface area contributed by atoms with Crippen LogP contribution in [-0.2, 0) is 19.4 Å². The lowest BCUT2D eigenvalue weighted by Crippen LogP contribution is -2.18. The molecule has 8 nitrogen and oxygen atoms in total. The number of anilines is 2. The molecule has 1 aliphatic rings. The molecule has 0 aliphatic heterocycles. The first-order chi connectivity index (χ1) is 18.0. The van der Waals surface area contributed by atoms with Crippen LogP contribution in [0.15, 0.2) is 36.9 Å². The Morgan fingerprint density at radius 1 is 1.16 bits per heavy atom. The molecule has 2 N–H and O–H groups in total. The number of halogens is 1. The number of nitrogens with zero attached hydrogens (tertiary/aromatic N) is 4. The Hall–Kier alpha value is -3.49. The molecule has 0 spiro atoms. The first kappa shape index (κ1) is 26.6. The van der Waals surface area contributed by atoms with Crippen LogP contribution in [-0.4, -0.2) is 39.8 Å². The van der Waals surface area contributed by atoms with Gasteiger partial charge in [0, 0.05) is 37.7 Å². The second-order valence-corrected chi connectivity index (χ2v) is 9.93. The Morgan fingerprint density at radius 3 is 2.62 bits per heavy atom. The molecular formula is C28H37FN6O2. The summed E-state index contributed by atoms with van der Waals surface area (Å²) in [5, 5.41) is 10.2. The van der Waals surface area contributed by atoms with E-state index in [0.717, 1.165) is 36.1 Å². The van der Waals surface area contributed by atoms with E-state index in [-0.39, 0.29) is 11.7 Å². The molecule has 1 unspecified atom stereocenters. The molecule has 1 aliphatic carbocycles. The second-order valence-electron chi connectivity index (χ2n) is 9.93. The SMILES string of the molecule is CNC(=O)c1cc(CCc2cnc(Nc3cnn(CCC(C)C4CCCCC4)c3)nc2)c(F)c(OC)c1. The van der Waals surface area contributed by atoms with E-state index in [0.29, 0.717) is 29.9 Å². The number of rotatable bonds is 11. The van der Waals surface area contributed by atoms with Gasteiger partial charge in [-0.2, -0.15) is 5.10 Å². The molecule has 4 rings (SSSR count). The summed E-state index contributed by atoms with van der Waals surface area (Å²) in [5.41, 5.74) is 2.47. The highest BCUT2D eigenvalue weighted by atomic mass is 19.1. The third kappa shape index (κ3) is 7.05. The van der Waals surface area contributed by atoms with Gasteiger partial charge in [-0.1, -0.05) is 39.0 Å². The van der Waals surface area contributed by atoms with Crippen LogP contribution in [0.1, 0.15) is 66.9 Å². The lowest BCUT2D eigenvalue weighted by atomic mass is 9.79. The zero-order chi connectivity index (χ0) is 26.2. The number of carbonyl (C=O) groups is 1. The number of methoxy groups -OCH3 is 1. The lowest BCUT2D eigenvalue weighted by molar-refractivity contribution is 0.0962. The molecule has 2 aromatic heterocycles. The fraction of sp³-hybridized carbons (Fsp3) is 0.500. The zero-order valence-electron chi connectivity index (χ0n) is 22.0. The predicted molar refractivity (Wildman–Crippen MR) is 142 cm³/mol. The van der Waals surface area contributed by atoms with E-state index in [9.17, 15) is 9.18 Å². The maximum atomic E-state index is 14.7. The zero-order valence-corrected chi connectivity index (χ0v) is 22.0. The highest BCUT2D eigenvalue weighted by Gasteiger charge is 2.20. The Balaban J connectivity index is 1.30. The van der Waals surface area contributed by atoms with Gasteiger partial charge >= 0.3 is 0 Å². The van der Waals surface area contributed by atoms with Gasteiger partial charge < -0.3 is 15.4 Å². The van der Waals surface area contributed by atoms with Crippen molar-refractivity contribution in [2.75, 3.05) is 19.5 Å². The molecule has 0 radical (unpaired) electrons. The number of aryl methyl sites for hydroxylation is 3. The molecular weight excluding hydrogens is 471 g/mol. The van der Waals surface area contributed by atoms with Gasteiger partial charge in [-0.15, -0.1) is 0 Å². The maximum absolute atomic E-state index is 14.7. The molecule has 1 saturated carbocycles. The van der Waals surface area contributed by atoms with E-state index >= 15 is 0 Å². The summed E-state index contributed by atoms with van der Waals surface area (Å²) in [6.07, 6.45) is 16.1. The monoisotopic (exact) mass is 508 g/mol. The maximum Gasteiger partial charge on any atom is 0.251 e. The summed E-state index contributed by atoms with van der Waals surface area (Å²) in [4.78, 5) is 20.8. The number of nitrogens with one attached hydrogen (secondary N) is 2. The van der Waals surface area contributed by atoms with Gasteiger partial charge in [0.2, 0.25) is 5.95 Å². The smallest absolute Gasteiger partial charge is 0.251 e. The lowest BCUT2D eigenvalue weighted by Gasteiger charge is -2.27. The van der Waals surface area contributed by atoms with E-state index in [2.05, 4.69) is 32.6 Å². The molecule has 1 amide bonds. The number of hydrogen-bond acceptors (Lipinski definition) is 6. The molecule has 3 aromatic rings. The van der Waals surface area contributed by atoms with E-state index in [1.807, 2.05) is 10.9 Å². The number of aromatic nitrogens is 4. The molecule has 37 heavy (non-hydrogen) atoms. The molecule has 2 heterocycles. The highest BCUT2D eigenvalue weighted by Crippen LogP contribution is 2.31. The number of amides is 1. The van der Waals surface area contributed by atoms with Crippen LogP contribution in [0.25, 0.3) is 0 Å². The van der Waals surface area contributed by atoms with Crippen molar-refractivity contribution in [3.8, 4) is 5.75 Å². The van der Waals surface area contributed by atoms with Crippen LogP contribution in [0.2, 0.25) is 0 Å². The summed E-state index contributed by atoms with van der Waals surface area (Å²) in [7, 11) is 2.92. The molecule has 0 bridgehead atoms. The molecule has 9 heteroatoms. The van der Waals surface area contributed by atoms with Gasteiger partial charge in [0.15, 0.2) is 11.6 Å². The van der Waals surface area contributed by atoms with Crippen molar-refractivity contribution in [2.45, 2.75) is 64.8 Å². The highest BCUT2D eigenvalue weighted by molar-refractivity contribution is 5.94.